The summed E-state index contributed by atoms with van der Waals surface area (Å²) in [6.07, 6.45) is 0. The van der Waals surface area contributed by atoms with E-state index in [-0.39, 0.29) is 5.56 Å². The van der Waals surface area contributed by atoms with Crippen LogP contribution in [0.15, 0.2) is 29.6 Å². The number of aromatic nitrogens is 1. The zero-order valence-corrected chi connectivity index (χ0v) is 11.0. The van der Waals surface area contributed by atoms with Crippen LogP contribution in [0.1, 0.15) is 24.2 Å². The van der Waals surface area contributed by atoms with Crippen molar-refractivity contribution in [1.29, 1.82) is 0 Å². The van der Waals surface area contributed by atoms with Gasteiger partial charge in [0.1, 0.15) is 0 Å². The zero-order valence-electron chi connectivity index (χ0n) is 10.2. The maximum absolute atomic E-state index is 10.9. The number of carbonyl (C=O) groups is 1. The first-order valence-corrected chi connectivity index (χ1v) is 6.50. The van der Waals surface area contributed by atoms with E-state index in [1.54, 1.807) is 18.2 Å². The summed E-state index contributed by atoms with van der Waals surface area (Å²) < 4.78 is 0. The van der Waals surface area contributed by atoms with E-state index >= 15 is 0 Å². The first-order valence-electron chi connectivity index (χ1n) is 5.62. The zero-order chi connectivity index (χ0) is 13.1. The second kappa shape index (κ2) is 5.18. The van der Waals surface area contributed by atoms with Crippen molar-refractivity contribution >= 4 is 22.4 Å². The molecule has 0 bridgehead atoms. The van der Waals surface area contributed by atoms with Gasteiger partial charge in [0.15, 0.2) is 5.13 Å². The molecule has 1 aromatic carbocycles. The molecule has 4 nitrogen and oxygen atoms in total. The Morgan fingerprint density at radius 3 is 2.89 bits per heavy atom. The standard InChI is InChI=1S/C13H14N2O2S/c1-8(2)14-13-15-11(7-18-13)9-4-3-5-10(6-9)12(16)17/h3-8H,1-2H3,(H,14,15)(H,16,17). The molecule has 5 heteroatoms. The highest BCUT2D eigenvalue weighted by Gasteiger charge is 2.08. The molecule has 1 heterocycles. The van der Waals surface area contributed by atoms with Crippen LogP contribution in [-0.2, 0) is 0 Å². The Hall–Kier alpha value is -1.88. The van der Waals surface area contributed by atoms with Crippen LogP contribution < -0.4 is 5.32 Å². The predicted molar refractivity (Wildman–Crippen MR) is 73.3 cm³/mol. The Kier molecular flexibility index (Phi) is 3.62. The lowest BCUT2D eigenvalue weighted by Gasteiger charge is -2.04. The third-order valence-electron chi connectivity index (χ3n) is 2.32. The summed E-state index contributed by atoms with van der Waals surface area (Å²) in [6, 6.07) is 7.13. The summed E-state index contributed by atoms with van der Waals surface area (Å²) in [5, 5.41) is 14.9. The molecule has 0 radical (unpaired) electrons. The SMILES string of the molecule is CC(C)Nc1nc(-c2cccc(C(=O)O)c2)cs1. The number of aromatic carboxylic acids is 1. The highest BCUT2D eigenvalue weighted by Crippen LogP contribution is 2.25. The van der Waals surface area contributed by atoms with Gasteiger partial charge >= 0.3 is 5.97 Å². The average molecular weight is 262 g/mol. The molecule has 1 aromatic heterocycles. The molecule has 2 rings (SSSR count). The molecule has 2 N–H and O–H groups in total. The van der Waals surface area contributed by atoms with E-state index in [0.29, 0.717) is 6.04 Å². The number of hydrogen-bond donors (Lipinski definition) is 2. The highest BCUT2D eigenvalue weighted by molar-refractivity contribution is 7.14. The molecule has 18 heavy (non-hydrogen) atoms. The van der Waals surface area contributed by atoms with Crippen LogP contribution >= 0.6 is 11.3 Å². The monoisotopic (exact) mass is 262 g/mol. The summed E-state index contributed by atoms with van der Waals surface area (Å²) >= 11 is 1.52. The molecule has 0 fully saturated rings. The second-order valence-electron chi connectivity index (χ2n) is 4.22. The van der Waals surface area contributed by atoms with Crippen molar-refractivity contribution in [3.8, 4) is 11.3 Å². The molecular formula is C13H14N2O2S. The number of anilines is 1. The summed E-state index contributed by atoms with van der Waals surface area (Å²) in [5.74, 6) is -0.924. The van der Waals surface area contributed by atoms with Crippen molar-refractivity contribution in [2.45, 2.75) is 19.9 Å². The molecule has 94 valence electrons. The average Bonchev–Trinajstić information content (AvgIpc) is 2.77. The van der Waals surface area contributed by atoms with E-state index in [0.717, 1.165) is 16.4 Å². The van der Waals surface area contributed by atoms with Gasteiger partial charge in [-0.05, 0) is 26.0 Å². The summed E-state index contributed by atoms with van der Waals surface area (Å²) in [6.45, 7) is 4.10. The van der Waals surface area contributed by atoms with E-state index < -0.39 is 5.97 Å². The van der Waals surface area contributed by atoms with Crippen molar-refractivity contribution in [3.63, 3.8) is 0 Å². The summed E-state index contributed by atoms with van der Waals surface area (Å²) in [5.41, 5.74) is 1.90. The smallest absolute Gasteiger partial charge is 0.335 e. The normalized spacial score (nSPS) is 10.6. The predicted octanol–water partition coefficient (Wildman–Crippen LogP) is 3.33. The first-order chi connectivity index (χ1) is 8.56. The van der Waals surface area contributed by atoms with Crippen molar-refractivity contribution < 1.29 is 9.90 Å². The molecule has 0 amide bonds. The Morgan fingerprint density at radius 2 is 2.22 bits per heavy atom. The van der Waals surface area contributed by atoms with E-state index in [2.05, 4.69) is 10.3 Å². The molecule has 0 saturated carbocycles. The number of thiazole rings is 1. The molecule has 0 saturated heterocycles. The van der Waals surface area contributed by atoms with Crippen LogP contribution in [0.3, 0.4) is 0 Å². The molecule has 0 unspecified atom stereocenters. The van der Waals surface area contributed by atoms with Crippen LogP contribution in [0.4, 0.5) is 5.13 Å². The topological polar surface area (TPSA) is 62.2 Å². The van der Waals surface area contributed by atoms with Crippen LogP contribution in [0, 0.1) is 0 Å². The lowest BCUT2D eigenvalue weighted by atomic mass is 10.1. The van der Waals surface area contributed by atoms with Gasteiger partial charge in [-0.25, -0.2) is 9.78 Å². The van der Waals surface area contributed by atoms with Crippen molar-refractivity contribution in [2.75, 3.05) is 5.32 Å². The van der Waals surface area contributed by atoms with Gasteiger partial charge in [-0.1, -0.05) is 12.1 Å². The fourth-order valence-corrected chi connectivity index (χ4v) is 2.40. The lowest BCUT2D eigenvalue weighted by Crippen LogP contribution is -2.08. The van der Waals surface area contributed by atoms with Crippen LogP contribution in [-0.4, -0.2) is 22.1 Å². The number of nitrogens with zero attached hydrogens (tertiary/aromatic N) is 1. The second-order valence-corrected chi connectivity index (χ2v) is 5.08. The number of nitrogens with one attached hydrogen (secondary N) is 1. The van der Waals surface area contributed by atoms with Crippen molar-refractivity contribution in [1.82, 2.24) is 4.98 Å². The van der Waals surface area contributed by atoms with Crippen LogP contribution in [0.5, 0.6) is 0 Å². The molecule has 2 aromatic rings. The van der Waals surface area contributed by atoms with Gasteiger partial charge in [0.2, 0.25) is 0 Å². The van der Waals surface area contributed by atoms with Gasteiger partial charge < -0.3 is 10.4 Å². The first kappa shape index (κ1) is 12.6. The van der Waals surface area contributed by atoms with Crippen molar-refractivity contribution in [2.24, 2.45) is 0 Å². The lowest BCUT2D eigenvalue weighted by molar-refractivity contribution is 0.0697. The van der Waals surface area contributed by atoms with Crippen LogP contribution in [0.25, 0.3) is 11.3 Å². The molecule has 0 atom stereocenters. The van der Waals surface area contributed by atoms with E-state index in [1.165, 1.54) is 11.3 Å². The molecule has 0 aliphatic carbocycles. The molecule has 0 aliphatic rings. The van der Waals surface area contributed by atoms with Gasteiger partial charge in [0, 0.05) is 17.0 Å². The molecule has 0 aliphatic heterocycles. The Balaban J connectivity index is 2.28. The number of carboxylic acid groups (broad SMARTS) is 1. The third kappa shape index (κ3) is 2.87. The van der Waals surface area contributed by atoms with Crippen molar-refractivity contribution in [3.05, 3.63) is 35.2 Å². The van der Waals surface area contributed by atoms with Gasteiger partial charge in [0.25, 0.3) is 0 Å². The number of rotatable bonds is 4. The third-order valence-corrected chi connectivity index (χ3v) is 3.10. The van der Waals surface area contributed by atoms with Gasteiger partial charge in [-0.2, -0.15) is 0 Å². The fourth-order valence-electron chi connectivity index (χ4n) is 1.53. The minimum atomic E-state index is -0.924. The fraction of sp³-hybridized carbons (Fsp3) is 0.231. The van der Waals surface area contributed by atoms with Gasteiger partial charge in [-0.15, -0.1) is 11.3 Å². The van der Waals surface area contributed by atoms with E-state index in [9.17, 15) is 4.79 Å². The van der Waals surface area contributed by atoms with E-state index in [4.69, 9.17) is 5.11 Å². The highest BCUT2D eigenvalue weighted by atomic mass is 32.1. The van der Waals surface area contributed by atoms with Gasteiger partial charge in [0.05, 0.1) is 11.3 Å². The minimum Gasteiger partial charge on any atom is -0.478 e. The number of hydrogen-bond acceptors (Lipinski definition) is 4. The maximum Gasteiger partial charge on any atom is 0.335 e. The van der Waals surface area contributed by atoms with E-state index in [1.807, 2.05) is 25.3 Å². The number of benzene rings is 1. The largest absolute Gasteiger partial charge is 0.478 e. The maximum atomic E-state index is 10.9. The van der Waals surface area contributed by atoms with Crippen LogP contribution in [0.2, 0.25) is 0 Å². The number of carboxylic acids is 1. The Bertz CT molecular complexity index is 564. The quantitative estimate of drug-likeness (QED) is 0.887. The molecule has 0 spiro atoms. The summed E-state index contributed by atoms with van der Waals surface area (Å²) in [7, 11) is 0. The Labute approximate surface area is 109 Å². The summed E-state index contributed by atoms with van der Waals surface area (Å²) in [4.78, 5) is 15.3. The minimum absolute atomic E-state index is 0.277. The van der Waals surface area contributed by atoms with Gasteiger partial charge in [-0.3, -0.25) is 0 Å². The molecular weight excluding hydrogens is 248 g/mol. The Morgan fingerprint density at radius 1 is 1.44 bits per heavy atom.